The predicted octanol–water partition coefficient (Wildman–Crippen LogP) is 1.38. The molecule has 0 bridgehead atoms. The fourth-order valence-corrected chi connectivity index (χ4v) is 1.61. The SMILES string of the molecule is CCN(C(=O)NC(C)C)C(C)CN(C)C. The maximum atomic E-state index is 11.8. The zero-order chi connectivity index (χ0) is 12.0. The monoisotopic (exact) mass is 215 g/mol. The Morgan fingerprint density at radius 2 is 1.80 bits per heavy atom. The van der Waals surface area contributed by atoms with E-state index >= 15 is 0 Å². The van der Waals surface area contributed by atoms with Crippen LogP contribution >= 0.6 is 0 Å². The van der Waals surface area contributed by atoms with Crippen molar-refractivity contribution in [3.63, 3.8) is 0 Å². The first-order valence-electron chi connectivity index (χ1n) is 5.60. The lowest BCUT2D eigenvalue weighted by Crippen LogP contribution is -2.49. The Bertz CT molecular complexity index is 192. The van der Waals surface area contributed by atoms with Gasteiger partial charge < -0.3 is 15.1 Å². The van der Waals surface area contributed by atoms with E-state index in [2.05, 4.69) is 17.1 Å². The van der Waals surface area contributed by atoms with Crippen LogP contribution in [0.2, 0.25) is 0 Å². The summed E-state index contributed by atoms with van der Waals surface area (Å²) in [6.07, 6.45) is 0. The molecule has 0 aromatic heterocycles. The minimum absolute atomic E-state index is 0.0295. The predicted molar refractivity (Wildman–Crippen MR) is 64.1 cm³/mol. The Balaban J connectivity index is 4.27. The van der Waals surface area contributed by atoms with E-state index in [1.165, 1.54) is 0 Å². The maximum absolute atomic E-state index is 11.8. The van der Waals surface area contributed by atoms with Gasteiger partial charge in [0.1, 0.15) is 0 Å². The van der Waals surface area contributed by atoms with Gasteiger partial charge in [0.05, 0.1) is 0 Å². The van der Waals surface area contributed by atoms with E-state index in [1.807, 2.05) is 39.8 Å². The third kappa shape index (κ3) is 5.62. The van der Waals surface area contributed by atoms with Crippen molar-refractivity contribution in [2.45, 2.75) is 39.8 Å². The fourth-order valence-electron chi connectivity index (χ4n) is 1.61. The molecule has 0 saturated heterocycles. The molecule has 0 rings (SSSR count). The summed E-state index contributed by atoms with van der Waals surface area (Å²) in [7, 11) is 4.04. The minimum atomic E-state index is 0.0295. The highest BCUT2D eigenvalue weighted by atomic mass is 16.2. The van der Waals surface area contributed by atoms with Crippen LogP contribution in [0, 0.1) is 0 Å². The molecule has 4 heteroatoms. The van der Waals surface area contributed by atoms with Crippen LogP contribution < -0.4 is 5.32 Å². The largest absolute Gasteiger partial charge is 0.336 e. The van der Waals surface area contributed by atoms with Gasteiger partial charge in [0, 0.05) is 25.2 Å². The maximum Gasteiger partial charge on any atom is 0.317 e. The first-order chi connectivity index (χ1) is 6.88. The van der Waals surface area contributed by atoms with Crippen LogP contribution in [0.1, 0.15) is 27.7 Å². The van der Waals surface area contributed by atoms with Gasteiger partial charge in [0.15, 0.2) is 0 Å². The second-order valence-corrected chi connectivity index (χ2v) is 4.50. The van der Waals surface area contributed by atoms with Gasteiger partial charge in [-0.05, 0) is 41.8 Å². The van der Waals surface area contributed by atoms with Crippen LogP contribution in [-0.2, 0) is 0 Å². The van der Waals surface area contributed by atoms with Crippen LogP contribution in [0.25, 0.3) is 0 Å². The van der Waals surface area contributed by atoms with Crippen molar-refractivity contribution in [3.8, 4) is 0 Å². The highest BCUT2D eigenvalue weighted by molar-refractivity contribution is 5.74. The van der Waals surface area contributed by atoms with Crippen LogP contribution in [-0.4, -0.2) is 55.1 Å². The van der Waals surface area contributed by atoms with E-state index in [0.717, 1.165) is 13.1 Å². The number of rotatable bonds is 5. The van der Waals surface area contributed by atoms with Crippen LogP contribution in [0.5, 0.6) is 0 Å². The van der Waals surface area contributed by atoms with Crippen LogP contribution in [0.3, 0.4) is 0 Å². The number of hydrogen-bond acceptors (Lipinski definition) is 2. The zero-order valence-electron chi connectivity index (χ0n) is 10.9. The Kier molecular flexibility index (Phi) is 6.32. The average Bonchev–Trinajstić information content (AvgIpc) is 2.01. The van der Waals surface area contributed by atoms with Gasteiger partial charge in [-0.1, -0.05) is 0 Å². The summed E-state index contributed by atoms with van der Waals surface area (Å²) < 4.78 is 0. The second kappa shape index (κ2) is 6.67. The lowest BCUT2D eigenvalue weighted by molar-refractivity contribution is 0.167. The topological polar surface area (TPSA) is 35.6 Å². The summed E-state index contributed by atoms with van der Waals surface area (Å²) in [6.45, 7) is 9.66. The third-order valence-electron chi connectivity index (χ3n) is 2.18. The number of carbonyl (C=O) groups is 1. The van der Waals surface area contributed by atoms with Crippen molar-refractivity contribution in [2.75, 3.05) is 27.2 Å². The van der Waals surface area contributed by atoms with E-state index in [-0.39, 0.29) is 18.1 Å². The van der Waals surface area contributed by atoms with E-state index < -0.39 is 0 Å². The number of likely N-dealkylation sites (N-methyl/N-ethyl adjacent to an activating group) is 2. The van der Waals surface area contributed by atoms with Crippen molar-refractivity contribution in [1.82, 2.24) is 15.1 Å². The van der Waals surface area contributed by atoms with E-state index in [0.29, 0.717) is 0 Å². The molecule has 0 heterocycles. The molecule has 1 N–H and O–H groups in total. The number of amides is 2. The van der Waals surface area contributed by atoms with E-state index in [9.17, 15) is 4.79 Å². The first kappa shape index (κ1) is 14.2. The molecule has 0 aromatic rings. The van der Waals surface area contributed by atoms with Crippen molar-refractivity contribution in [1.29, 1.82) is 0 Å². The van der Waals surface area contributed by atoms with E-state index in [4.69, 9.17) is 0 Å². The second-order valence-electron chi connectivity index (χ2n) is 4.50. The molecular weight excluding hydrogens is 190 g/mol. The molecule has 15 heavy (non-hydrogen) atoms. The fraction of sp³-hybridized carbons (Fsp3) is 0.909. The number of nitrogens with one attached hydrogen (secondary N) is 1. The minimum Gasteiger partial charge on any atom is -0.336 e. The standard InChI is InChI=1S/C11H25N3O/c1-7-14(10(4)8-13(5)6)11(15)12-9(2)3/h9-10H,7-8H2,1-6H3,(H,12,15). The van der Waals surface area contributed by atoms with Crippen molar-refractivity contribution < 1.29 is 4.79 Å². The lowest BCUT2D eigenvalue weighted by Gasteiger charge is -2.30. The Morgan fingerprint density at radius 1 is 1.27 bits per heavy atom. The van der Waals surface area contributed by atoms with Gasteiger partial charge >= 0.3 is 6.03 Å². The molecular formula is C11H25N3O. The number of urea groups is 1. The van der Waals surface area contributed by atoms with Gasteiger partial charge in [-0.25, -0.2) is 4.79 Å². The van der Waals surface area contributed by atoms with Crippen molar-refractivity contribution in [3.05, 3.63) is 0 Å². The van der Waals surface area contributed by atoms with Gasteiger partial charge in [-0.2, -0.15) is 0 Å². The normalized spacial score (nSPS) is 13.1. The van der Waals surface area contributed by atoms with E-state index in [1.54, 1.807) is 0 Å². The van der Waals surface area contributed by atoms with Gasteiger partial charge in [-0.15, -0.1) is 0 Å². The molecule has 0 aliphatic heterocycles. The Labute approximate surface area is 93.6 Å². The number of nitrogens with zero attached hydrogens (tertiary/aromatic N) is 2. The molecule has 0 fully saturated rings. The summed E-state index contributed by atoms with van der Waals surface area (Å²) in [5, 5.41) is 2.92. The van der Waals surface area contributed by atoms with Crippen LogP contribution in [0.4, 0.5) is 4.79 Å². The molecule has 1 atom stereocenters. The molecule has 0 aliphatic rings. The number of hydrogen-bond donors (Lipinski definition) is 1. The Morgan fingerprint density at radius 3 is 2.13 bits per heavy atom. The molecule has 4 nitrogen and oxygen atoms in total. The molecule has 0 spiro atoms. The summed E-state index contributed by atoms with van der Waals surface area (Å²) in [4.78, 5) is 15.8. The summed E-state index contributed by atoms with van der Waals surface area (Å²) in [5.41, 5.74) is 0. The lowest BCUT2D eigenvalue weighted by atomic mass is 10.2. The third-order valence-corrected chi connectivity index (χ3v) is 2.18. The van der Waals surface area contributed by atoms with Crippen LogP contribution in [0.15, 0.2) is 0 Å². The van der Waals surface area contributed by atoms with Gasteiger partial charge in [-0.3, -0.25) is 0 Å². The summed E-state index contributed by atoms with van der Waals surface area (Å²) in [5.74, 6) is 0. The van der Waals surface area contributed by atoms with Gasteiger partial charge in [0.25, 0.3) is 0 Å². The van der Waals surface area contributed by atoms with Gasteiger partial charge in [0.2, 0.25) is 0 Å². The molecule has 0 saturated carbocycles. The smallest absolute Gasteiger partial charge is 0.317 e. The molecule has 0 aromatic carbocycles. The summed E-state index contributed by atoms with van der Waals surface area (Å²) in [6, 6.07) is 0.462. The van der Waals surface area contributed by atoms with Crippen molar-refractivity contribution >= 4 is 6.03 Å². The highest BCUT2D eigenvalue weighted by Gasteiger charge is 2.18. The average molecular weight is 215 g/mol. The molecule has 0 aliphatic carbocycles. The Hall–Kier alpha value is -0.770. The molecule has 0 radical (unpaired) electrons. The number of carbonyl (C=O) groups excluding carboxylic acids is 1. The highest BCUT2D eigenvalue weighted by Crippen LogP contribution is 2.01. The quantitative estimate of drug-likeness (QED) is 0.752. The molecule has 90 valence electrons. The molecule has 1 unspecified atom stereocenters. The zero-order valence-corrected chi connectivity index (χ0v) is 10.9. The summed E-state index contributed by atoms with van der Waals surface area (Å²) >= 11 is 0. The first-order valence-corrected chi connectivity index (χ1v) is 5.60. The van der Waals surface area contributed by atoms with Crippen molar-refractivity contribution in [2.24, 2.45) is 0 Å². The molecule has 2 amide bonds.